The van der Waals surface area contributed by atoms with Crippen LogP contribution < -0.4 is 0 Å². The Morgan fingerprint density at radius 3 is 2.38 bits per heavy atom. The lowest BCUT2D eigenvalue weighted by Crippen LogP contribution is -2.27. The zero-order chi connectivity index (χ0) is 11.4. The monoisotopic (exact) mass is 216 g/mol. The molecule has 1 heterocycles. The van der Waals surface area contributed by atoms with Crippen molar-refractivity contribution in [2.75, 3.05) is 13.1 Å². The highest BCUT2D eigenvalue weighted by Gasteiger charge is 2.18. The Hall–Kier alpha value is -1.93. The number of likely N-dealkylation sites (tertiary alicyclic amines) is 1. The van der Waals surface area contributed by atoms with Crippen LogP contribution in [0.2, 0.25) is 0 Å². The number of amides is 1. The number of benzene rings is 1. The minimum absolute atomic E-state index is 0.0548. The summed E-state index contributed by atoms with van der Waals surface area (Å²) in [6, 6.07) is 6.68. The number of nitrogens with zero attached hydrogens (tertiary/aromatic N) is 2. The summed E-state index contributed by atoms with van der Waals surface area (Å²) in [7, 11) is 0. The third kappa shape index (κ3) is 2.18. The quantitative estimate of drug-likeness (QED) is 0.560. The first kappa shape index (κ1) is 10.6. The van der Waals surface area contributed by atoms with Gasteiger partial charge in [0.15, 0.2) is 0 Å². The first-order chi connectivity index (χ1) is 7.81. The molecule has 2 rings (SSSR count). The van der Waals surface area contributed by atoms with Crippen LogP contribution in [-0.2, 0) is 4.79 Å². The molecule has 0 spiro atoms. The molecule has 0 N–H and O–H groups in total. The van der Waals surface area contributed by atoms with E-state index in [1.54, 1.807) is 24.3 Å². The predicted octanol–water partition coefficient (Wildman–Crippen LogP) is 1.89. The van der Waals surface area contributed by atoms with Crippen LogP contribution in [0.4, 0.5) is 5.69 Å². The topological polar surface area (TPSA) is 49.7 Å². The summed E-state index contributed by atoms with van der Waals surface area (Å²) in [5.41, 5.74) is 1.17. The number of isocyanates is 1. The summed E-state index contributed by atoms with van der Waals surface area (Å²) in [5.74, 6) is 0.0548. The van der Waals surface area contributed by atoms with Gasteiger partial charge in [-0.2, -0.15) is 4.99 Å². The average molecular weight is 216 g/mol. The molecule has 82 valence electrons. The molecule has 4 heteroatoms. The van der Waals surface area contributed by atoms with Gasteiger partial charge in [-0.3, -0.25) is 4.79 Å². The smallest absolute Gasteiger partial charge is 0.253 e. The van der Waals surface area contributed by atoms with Crippen LogP contribution in [0.5, 0.6) is 0 Å². The van der Waals surface area contributed by atoms with Gasteiger partial charge in [0, 0.05) is 18.7 Å². The van der Waals surface area contributed by atoms with Crippen molar-refractivity contribution in [1.29, 1.82) is 0 Å². The third-order valence-corrected chi connectivity index (χ3v) is 2.68. The van der Waals surface area contributed by atoms with Gasteiger partial charge in [0.05, 0.1) is 5.69 Å². The van der Waals surface area contributed by atoms with Crippen molar-refractivity contribution in [1.82, 2.24) is 4.90 Å². The van der Waals surface area contributed by atoms with Gasteiger partial charge >= 0.3 is 0 Å². The van der Waals surface area contributed by atoms with Crippen molar-refractivity contribution >= 4 is 17.7 Å². The first-order valence-corrected chi connectivity index (χ1v) is 5.28. The van der Waals surface area contributed by atoms with Crippen LogP contribution in [0, 0.1) is 0 Å². The number of rotatable bonds is 2. The van der Waals surface area contributed by atoms with Crippen LogP contribution >= 0.6 is 0 Å². The molecule has 1 saturated heterocycles. The molecule has 4 nitrogen and oxygen atoms in total. The van der Waals surface area contributed by atoms with Crippen LogP contribution in [0.25, 0.3) is 0 Å². The number of carbonyl (C=O) groups is 1. The Bertz CT molecular complexity index is 427. The summed E-state index contributed by atoms with van der Waals surface area (Å²) in [6.07, 6.45) is 3.63. The highest BCUT2D eigenvalue weighted by Crippen LogP contribution is 2.16. The van der Waals surface area contributed by atoms with Crippen molar-refractivity contribution in [3.05, 3.63) is 29.8 Å². The van der Waals surface area contributed by atoms with E-state index >= 15 is 0 Å². The highest BCUT2D eigenvalue weighted by molar-refractivity contribution is 5.94. The highest BCUT2D eigenvalue weighted by atomic mass is 16.2. The molecule has 1 aliphatic rings. The van der Waals surface area contributed by atoms with E-state index in [-0.39, 0.29) is 5.91 Å². The summed E-state index contributed by atoms with van der Waals surface area (Å²) >= 11 is 0. The Morgan fingerprint density at radius 2 is 1.81 bits per heavy atom. The molecule has 1 amide bonds. The summed E-state index contributed by atoms with van der Waals surface area (Å²) in [4.78, 5) is 27.3. The van der Waals surface area contributed by atoms with Crippen LogP contribution in [-0.4, -0.2) is 30.0 Å². The van der Waals surface area contributed by atoms with Gasteiger partial charge in [0.2, 0.25) is 6.08 Å². The molecule has 1 aromatic rings. The number of hydrogen-bond acceptors (Lipinski definition) is 3. The van der Waals surface area contributed by atoms with Crippen molar-refractivity contribution in [2.24, 2.45) is 4.99 Å². The maximum Gasteiger partial charge on any atom is 0.253 e. The fraction of sp³-hybridized carbons (Fsp3) is 0.333. The van der Waals surface area contributed by atoms with Crippen molar-refractivity contribution < 1.29 is 9.59 Å². The molecule has 0 aromatic heterocycles. The van der Waals surface area contributed by atoms with Gasteiger partial charge < -0.3 is 4.90 Å². The Labute approximate surface area is 93.6 Å². The maximum absolute atomic E-state index is 11.9. The van der Waals surface area contributed by atoms with Gasteiger partial charge in [-0.25, -0.2) is 4.79 Å². The molecule has 16 heavy (non-hydrogen) atoms. The Balaban J connectivity index is 2.14. The molecule has 1 aromatic carbocycles. The van der Waals surface area contributed by atoms with E-state index in [0.717, 1.165) is 25.9 Å². The lowest BCUT2D eigenvalue weighted by Gasteiger charge is -2.14. The SMILES string of the molecule is O=C=Nc1ccc(C(=O)N2CCCC2)cc1. The van der Waals surface area contributed by atoms with E-state index in [2.05, 4.69) is 4.99 Å². The largest absolute Gasteiger partial charge is 0.339 e. The summed E-state index contributed by atoms with van der Waals surface area (Å²) in [6.45, 7) is 1.68. The molecule has 0 aliphatic carbocycles. The second-order valence-corrected chi connectivity index (χ2v) is 3.75. The third-order valence-electron chi connectivity index (χ3n) is 2.68. The van der Waals surface area contributed by atoms with Crippen molar-refractivity contribution in [3.63, 3.8) is 0 Å². The zero-order valence-corrected chi connectivity index (χ0v) is 8.85. The van der Waals surface area contributed by atoms with Crippen molar-refractivity contribution in [3.8, 4) is 0 Å². The second-order valence-electron chi connectivity index (χ2n) is 3.75. The van der Waals surface area contributed by atoms with Crippen molar-refractivity contribution in [2.45, 2.75) is 12.8 Å². The molecule has 0 radical (unpaired) electrons. The van der Waals surface area contributed by atoms with E-state index in [9.17, 15) is 9.59 Å². The first-order valence-electron chi connectivity index (χ1n) is 5.28. The van der Waals surface area contributed by atoms with Crippen LogP contribution in [0.15, 0.2) is 29.3 Å². The number of carbonyl (C=O) groups excluding carboxylic acids is 2. The standard InChI is InChI=1S/C12H12N2O2/c15-9-13-11-5-3-10(4-6-11)12(16)14-7-1-2-8-14/h3-6H,1-2,7-8H2. The molecule has 0 unspecified atom stereocenters. The van der Waals surface area contributed by atoms with Gasteiger partial charge in [-0.1, -0.05) is 0 Å². The zero-order valence-electron chi connectivity index (χ0n) is 8.85. The predicted molar refractivity (Wildman–Crippen MR) is 59.4 cm³/mol. The van der Waals surface area contributed by atoms with Gasteiger partial charge in [-0.05, 0) is 37.1 Å². The lowest BCUT2D eigenvalue weighted by molar-refractivity contribution is 0.0793. The fourth-order valence-electron chi connectivity index (χ4n) is 1.83. The second kappa shape index (κ2) is 4.73. The normalized spacial score (nSPS) is 14.6. The molecule has 0 atom stereocenters. The molecular weight excluding hydrogens is 204 g/mol. The molecule has 1 fully saturated rings. The van der Waals surface area contributed by atoms with E-state index in [1.165, 1.54) is 6.08 Å². The fourth-order valence-corrected chi connectivity index (χ4v) is 1.83. The van der Waals surface area contributed by atoms with E-state index < -0.39 is 0 Å². The Morgan fingerprint density at radius 1 is 1.19 bits per heavy atom. The number of hydrogen-bond donors (Lipinski definition) is 0. The molecule has 1 aliphatic heterocycles. The van der Waals surface area contributed by atoms with Crippen LogP contribution in [0.1, 0.15) is 23.2 Å². The molecular formula is C12H12N2O2. The Kier molecular flexibility index (Phi) is 3.13. The van der Waals surface area contributed by atoms with Gasteiger partial charge in [0.25, 0.3) is 5.91 Å². The minimum Gasteiger partial charge on any atom is -0.339 e. The number of aliphatic imine (C=N–C) groups is 1. The van der Waals surface area contributed by atoms with Crippen LogP contribution in [0.3, 0.4) is 0 Å². The van der Waals surface area contributed by atoms with E-state index in [1.807, 2.05) is 4.90 Å². The lowest BCUT2D eigenvalue weighted by atomic mass is 10.2. The van der Waals surface area contributed by atoms with E-state index in [0.29, 0.717) is 11.3 Å². The van der Waals surface area contributed by atoms with E-state index in [4.69, 9.17) is 0 Å². The minimum atomic E-state index is 0.0548. The average Bonchev–Trinajstić information content (AvgIpc) is 2.83. The van der Waals surface area contributed by atoms with Gasteiger partial charge in [0.1, 0.15) is 0 Å². The maximum atomic E-state index is 11.9. The van der Waals surface area contributed by atoms with Gasteiger partial charge in [-0.15, -0.1) is 0 Å². The molecule has 0 bridgehead atoms. The summed E-state index contributed by atoms with van der Waals surface area (Å²) in [5, 5.41) is 0. The summed E-state index contributed by atoms with van der Waals surface area (Å²) < 4.78 is 0. The molecule has 0 saturated carbocycles.